The normalized spacial score (nSPS) is 14.9. The van der Waals surface area contributed by atoms with Crippen molar-refractivity contribution in [2.24, 2.45) is 0 Å². The van der Waals surface area contributed by atoms with E-state index < -0.39 is 0 Å². The van der Waals surface area contributed by atoms with E-state index in [1.165, 1.54) is 30.2 Å². The summed E-state index contributed by atoms with van der Waals surface area (Å²) in [5.41, 5.74) is 3.49. The molecule has 1 saturated heterocycles. The van der Waals surface area contributed by atoms with Crippen molar-refractivity contribution in [3.63, 3.8) is 0 Å². The zero-order valence-electron chi connectivity index (χ0n) is 15.3. The minimum atomic E-state index is 0.830. The molecule has 3 heterocycles. The predicted octanol–water partition coefficient (Wildman–Crippen LogP) is 3.65. The van der Waals surface area contributed by atoms with Gasteiger partial charge >= 0.3 is 0 Å². The van der Waals surface area contributed by atoms with Gasteiger partial charge in [0.15, 0.2) is 0 Å². The SMILES string of the molecule is CN(Cc1cnc(N2CCCCC2)nc1)Cc1cccc2ncccc12. The highest BCUT2D eigenvalue weighted by atomic mass is 15.2. The fraction of sp³-hybridized carbons (Fsp3) is 0.381. The van der Waals surface area contributed by atoms with Gasteiger partial charge in [-0.3, -0.25) is 9.88 Å². The van der Waals surface area contributed by atoms with Crippen LogP contribution in [0.2, 0.25) is 0 Å². The fourth-order valence-electron chi connectivity index (χ4n) is 3.65. The third-order valence-corrected chi connectivity index (χ3v) is 4.96. The van der Waals surface area contributed by atoms with Gasteiger partial charge in [-0.05, 0) is 44.0 Å². The minimum absolute atomic E-state index is 0.830. The number of aromatic nitrogens is 3. The van der Waals surface area contributed by atoms with Crippen molar-refractivity contribution in [1.29, 1.82) is 0 Å². The number of nitrogens with zero attached hydrogens (tertiary/aromatic N) is 5. The van der Waals surface area contributed by atoms with Crippen molar-refractivity contribution in [3.8, 4) is 0 Å². The molecule has 0 bridgehead atoms. The third-order valence-electron chi connectivity index (χ3n) is 4.96. The molecule has 134 valence electrons. The molecule has 1 aliphatic rings. The molecule has 0 N–H and O–H groups in total. The van der Waals surface area contributed by atoms with Gasteiger partial charge in [-0.25, -0.2) is 9.97 Å². The quantitative estimate of drug-likeness (QED) is 0.705. The molecular weight excluding hydrogens is 322 g/mol. The molecule has 0 aliphatic carbocycles. The lowest BCUT2D eigenvalue weighted by Crippen LogP contribution is -2.31. The van der Waals surface area contributed by atoms with Crippen LogP contribution in [-0.2, 0) is 13.1 Å². The van der Waals surface area contributed by atoms with Crippen LogP contribution in [0.1, 0.15) is 30.4 Å². The van der Waals surface area contributed by atoms with E-state index >= 15 is 0 Å². The Labute approximate surface area is 154 Å². The third kappa shape index (κ3) is 3.83. The Morgan fingerprint density at radius 2 is 1.73 bits per heavy atom. The van der Waals surface area contributed by atoms with Gasteiger partial charge in [0.25, 0.3) is 0 Å². The molecule has 1 aliphatic heterocycles. The molecule has 3 aromatic rings. The van der Waals surface area contributed by atoms with Gasteiger partial charge in [0.1, 0.15) is 0 Å². The Morgan fingerprint density at radius 1 is 0.923 bits per heavy atom. The van der Waals surface area contributed by atoms with Gasteiger partial charge in [-0.2, -0.15) is 0 Å². The van der Waals surface area contributed by atoms with Crippen molar-refractivity contribution in [2.45, 2.75) is 32.4 Å². The lowest BCUT2D eigenvalue weighted by molar-refractivity contribution is 0.319. The zero-order valence-corrected chi connectivity index (χ0v) is 15.3. The summed E-state index contributed by atoms with van der Waals surface area (Å²) in [6.45, 7) is 3.86. The second-order valence-corrected chi connectivity index (χ2v) is 7.10. The van der Waals surface area contributed by atoms with Crippen LogP contribution in [0, 0.1) is 0 Å². The molecule has 26 heavy (non-hydrogen) atoms. The summed E-state index contributed by atoms with van der Waals surface area (Å²) in [5, 5.41) is 1.22. The molecule has 1 fully saturated rings. The summed E-state index contributed by atoms with van der Waals surface area (Å²) in [7, 11) is 2.13. The van der Waals surface area contributed by atoms with E-state index in [0.29, 0.717) is 0 Å². The summed E-state index contributed by atoms with van der Waals surface area (Å²) < 4.78 is 0. The van der Waals surface area contributed by atoms with Crippen molar-refractivity contribution < 1.29 is 0 Å². The molecule has 4 rings (SSSR count). The molecule has 0 saturated carbocycles. The number of anilines is 1. The van der Waals surface area contributed by atoms with Gasteiger partial charge in [0, 0.05) is 55.7 Å². The van der Waals surface area contributed by atoms with Crippen LogP contribution >= 0.6 is 0 Å². The van der Waals surface area contributed by atoms with E-state index in [4.69, 9.17) is 0 Å². The van der Waals surface area contributed by atoms with Gasteiger partial charge in [0.05, 0.1) is 5.52 Å². The molecule has 2 aromatic heterocycles. The van der Waals surface area contributed by atoms with Crippen molar-refractivity contribution >= 4 is 16.9 Å². The maximum Gasteiger partial charge on any atom is 0.225 e. The molecule has 0 amide bonds. The molecule has 5 heteroatoms. The molecule has 0 spiro atoms. The van der Waals surface area contributed by atoms with Crippen LogP contribution < -0.4 is 4.90 Å². The van der Waals surface area contributed by atoms with E-state index in [1.54, 1.807) is 0 Å². The molecule has 0 atom stereocenters. The second-order valence-electron chi connectivity index (χ2n) is 7.10. The number of fused-ring (bicyclic) bond motifs is 1. The number of rotatable bonds is 5. The van der Waals surface area contributed by atoms with Crippen molar-refractivity contribution in [2.75, 3.05) is 25.0 Å². The topological polar surface area (TPSA) is 45.2 Å². The smallest absolute Gasteiger partial charge is 0.225 e. The summed E-state index contributed by atoms with van der Waals surface area (Å²) in [6.07, 6.45) is 9.60. The summed E-state index contributed by atoms with van der Waals surface area (Å²) in [6, 6.07) is 10.5. The first-order chi connectivity index (χ1) is 12.8. The Morgan fingerprint density at radius 3 is 2.54 bits per heavy atom. The van der Waals surface area contributed by atoms with E-state index in [2.05, 4.69) is 56.1 Å². The van der Waals surface area contributed by atoms with E-state index in [-0.39, 0.29) is 0 Å². The highest BCUT2D eigenvalue weighted by Gasteiger charge is 2.13. The number of pyridine rings is 1. The zero-order chi connectivity index (χ0) is 17.8. The van der Waals surface area contributed by atoms with E-state index in [0.717, 1.165) is 43.2 Å². The molecule has 1 aromatic carbocycles. The summed E-state index contributed by atoms with van der Waals surface area (Å²) >= 11 is 0. The summed E-state index contributed by atoms with van der Waals surface area (Å²) in [4.78, 5) is 18.2. The van der Waals surface area contributed by atoms with Gasteiger partial charge in [-0.15, -0.1) is 0 Å². The molecule has 0 radical (unpaired) electrons. The second kappa shape index (κ2) is 7.79. The molecular formula is C21H25N5. The van der Waals surface area contributed by atoms with Crippen LogP contribution in [0.4, 0.5) is 5.95 Å². The first kappa shape index (κ1) is 16.9. The first-order valence-corrected chi connectivity index (χ1v) is 9.36. The first-order valence-electron chi connectivity index (χ1n) is 9.36. The van der Waals surface area contributed by atoms with Crippen LogP contribution in [0.3, 0.4) is 0 Å². The predicted molar refractivity (Wildman–Crippen MR) is 105 cm³/mol. The van der Waals surface area contributed by atoms with Crippen LogP contribution in [0.25, 0.3) is 10.9 Å². The fourth-order valence-corrected chi connectivity index (χ4v) is 3.65. The lowest BCUT2D eigenvalue weighted by Gasteiger charge is -2.26. The maximum absolute atomic E-state index is 4.59. The Bertz CT molecular complexity index is 850. The van der Waals surface area contributed by atoms with Crippen LogP contribution in [-0.4, -0.2) is 40.0 Å². The largest absolute Gasteiger partial charge is 0.341 e. The van der Waals surface area contributed by atoms with Crippen molar-refractivity contribution in [1.82, 2.24) is 19.9 Å². The Hall–Kier alpha value is -2.53. The van der Waals surface area contributed by atoms with Gasteiger partial charge in [-0.1, -0.05) is 18.2 Å². The number of piperidine rings is 1. The minimum Gasteiger partial charge on any atom is -0.341 e. The highest BCUT2D eigenvalue weighted by molar-refractivity contribution is 5.81. The van der Waals surface area contributed by atoms with Crippen LogP contribution in [0.15, 0.2) is 48.9 Å². The Balaban J connectivity index is 1.42. The molecule has 5 nitrogen and oxygen atoms in total. The average molecular weight is 347 g/mol. The standard InChI is InChI=1S/C21H25N5/c1-25(16-18-7-5-9-20-19(18)8-6-10-22-20)15-17-13-23-21(24-14-17)26-11-3-2-4-12-26/h5-10,13-14H,2-4,11-12,15-16H2,1H3. The van der Waals surface area contributed by atoms with E-state index in [9.17, 15) is 0 Å². The molecule has 0 unspecified atom stereocenters. The average Bonchev–Trinajstić information content (AvgIpc) is 2.69. The van der Waals surface area contributed by atoms with Crippen molar-refractivity contribution in [3.05, 3.63) is 60.0 Å². The monoisotopic (exact) mass is 347 g/mol. The summed E-state index contributed by atoms with van der Waals surface area (Å²) in [5.74, 6) is 0.872. The number of hydrogen-bond acceptors (Lipinski definition) is 5. The Kier molecular flexibility index (Phi) is 5.07. The van der Waals surface area contributed by atoms with Gasteiger partial charge in [0.2, 0.25) is 5.95 Å². The highest BCUT2D eigenvalue weighted by Crippen LogP contribution is 2.19. The maximum atomic E-state index is 4.59. The van der Waals surface area contributed by atoms with Gasteiger partial charge < -0.3 is 4.90 Å². The number of hydrogen-bond donors (Lipinski definition) is 0. The number of benzene rings is 1. The lowest BCUT2D eigenvalue weighted by atomic mass is 10.1. The van der Waals surface area contributed by atoms with E-state index in [1.807, 2.05) is 24.7 Å². The van der Waals surface area contributed by atoms with Crippen LogP contribution in [0.5, 0.6) is 0 Å².